The Morgan fingerprint density at radius 2 is 1.89 bits per heavy atom. The molecular weight excluding hydrogens is 226 g/mol. The van der Waals surface area contributed by atoms with Crippen molar-refractivity contribution in [2.75, 3.05) is 27.2 Å². The Bertz CT molecular complexity index is 360. The van der Waals surface area contributed by atoms with E-state index < -0.39 is 0 Å². The zero-order chi connectivity index (χ0) is 13.4. The van der Waals surface area contributed by atoms with Gasteiger partial charge in [-0.05, 0) is 57.7 Å². The fraction of sp³-hybridized carbons (Fsp3) is 0.500. The van der Waals surface area contributed by atoms with Crippen molar-refractivity contribution in [2.24, 2.45) is 5.73 Å². The number of unbranched alkanes of at least 4 members (excludes halogenated alkanes) is 1. The Balaban J connectivity index is 2.17. The number of carbonyl (C=O) groups excluding carboxylic acids is 1. The lowest BCUT2D eigenvalue weighted by Crippen LogP contribution is -2.18. The molecule has 3 N–H and O–H groups in total. The van der Waals surface area contributed by atoms with Crippen LogP contribution in [-0.2, 0) is 6.54 Å². The predicted molar refractivity (Wildman–Crippen MR) is 74.5 cm³/mol. The number of nitrogens with one attached hydrogen (secondary N) is 1. The maximum absolute atomic E-state index is 10.9. The Hall–Kier alpha value is -1.39. The minimum Gasteiger partial charge on any atom is -0.366 e. The third-order valence-corrected chi connectivity index (χ3v) is 2.78. The Morgan fingerprint density at radius 1 is 1.22 bits per heavy atom. The monoisotopic (exact) mass is 249 g/mol. The average Bonchev–Trinajstić information content (AvgIpc) is 2.34. The summed E-state index contributed by atoms with van der Waals surface area (Å²) in [5.74, 6) is -0.377. The van der Waals surface area contributed by atoms with Gasteiger partial charge in [-0.2, -0.15) is 0 Å². The zero-order valence-corrected chi connectivity index (χ0v) is 11.3. The Kier molecular flexibility index (Phi) is 6.39. The molecule has 4 heteroatoms. The van der Waals surface area contributed by atoms with E-state index >= 15 is 0 Å². The number of nitrogens with two attached hydrogens (primary N) is 1. The summed E-state index contributed by atoms with van der Waals surface area (Å²) in [5, 5.41) is 3.39. The summed E-state index contributed by atoms with van der Waals surface area (Å²) < 4.78 is 0. The number of hydrogen-bond acceptors (Lipinski definition) is 3. The van der Waals surface area contributed by atoms with E-state index in [1.54, 1.807) is 12.1 Å². The first kappa shape index (κ1) is 14.7. The minimum atomic E-state index is -0.377. The third kappa shape index (κ3) is 5.80. The van der Waals surface area contributed by atoms with E-state index in [1.807, 2.05) is 12.1 Å². The van der Waals surface area contributed by atoms with E-state index in [-0.39, 0.29) is 5.91 Å². The molecule has 0 bridgehead atoms. The summed E-state index contributed by atoms with van der Waals surface area (Å²) in [7, 11) is 4.18. The van der Waals surface area contributed by atoms with Crippen molar-refractivity contribution in [1.82, 2.24) is 10.2 Å². The summed E-state index contributed by atoms with van der Waals surface area (Å²) in [5.41, 5.74) is 6.92. The molecule has 0 fully saturated rings. The summed E-state index contributed by atoms with van der Waals surface area (Å²) in [6.07, 6.45) is 2.39. The van der Waals surface area contributed by atoms with Crippen LogP contribution in [0.3, 0.4) is 0 Å². The molecule has 100 valence electrons. The van der Waals surface area contributed by atoms with Crippen molar-refractivity contribution in [1.29, 1.82) is 0 Å². The largest absolute Gasteiger partial charge is 0.366 e. The van der Waals surface area contributed by atoms with E-state index in [1.165, 1.54) is 18.4 Å². The molecule has 0 heterocycles. The number of rotatable bonds is 8. The number of nitrogens with zero attached hydrogens (tertiary/aromatic N) is 1. The maximum atomic E-state index is 10.9. The van der Waals surface area contributed by atoms with Crippen molar-refractivity contribution in [3.63, 3.8) is 0 Å². The Labute approximate surface area is 109 Å². The quantitative estimate of drug-likeness (QED) is 0.681. The van der Waals surface area contributed by atoms with Gasteiger partial charge in [0.2, 0.25) is 5.91 Å². The summed E-state index contributed by atoms with van der Waals surface area (Å²) >= 11 is 0. The van der Waals surface area contributed by atoms with Crippen LogP contribution in [0.2, 0.25) is 0 Å². The molecule has 1 amide bonds. The van der Waals surface area contributed by atoms with Gasteiger partial charge in [0.05, 0.1) is 0 Å². The summed E-state index contributed by atoms with van der Waals surface area (Å²) in [4.78, 5) is 13.1. The number of benzene rings is 1. The molecule has 0 atom stereocenters. The molecule has 0 saturated heterocycles. The molecule has 1 rings (SSSR count). The van der Waals surface area contributed by atoms with Gasteiger partial charge in [0, 0.05) is 12.1 Å². The van der Waals surface area contributed by atoms with Crippen LogP contribution in [0, 0.1) is 0 Å². The second-order valence-corrected chi connectivity index (χ2v) is 4.75. The summed E-state index contributed by atoms with van der Waals surface area (Å²) in [6.45, 7) is 2.99. The second-order valence-electron chi connectivity index (χ2n) is 4.75. The lowest BCUT2D eigenvalue weighted by molar-refractivity contribution is 0.100. The lowest BCUT2D eigenvalue weighted by Gasteiger charge is -2.09. The van der Waals surface area contributed by atoms with Crippen LogP contribution in [0.5, 0.6) is 0 Å². The number of amides is 1. The van der Waals surface area contributed by atoms with Crippen LogP contribution >= 0.6 is 0 Å². The van der Waals surface area contributed by atoms with E-state index in [0.717, 1.165) is 19.6 Å². The van der Waals surface area contributed by atoms with Crippen molar-refractivity contribution in [2.45, 2.75) is 19.4 Å². The number of primary amides is 1. The van der Waals surface area contributed by atoms with Crippen molar-refractivity contribution >= 4 is 5.91 Å². The first-order chi connectivity index (χ1) is 8.59. The average molecular weight is 249 g/mol. The van der Waals surface area contributed by atoms with Gasteiger partial charge in [0.1, 0.15) is 0 Å². The first-order valence-corrected chi connectivity index (χ1v) is 6.34. The maximum Gasteiger partial charge on any atom is 0.248 e. The molecule has 0 aliphatic heterocycles. The van der Waals surface area contributed by atoms with Crippen LogP contribution in [-0.4, -0.2) is 38.0 Å². The second kappa shape index (κ2) is 7.84. The summed E-state index contributed by atoms with van der Waals surface area (Å²) in [6, 6.07) is 7.41. The molecule has 0 aliphatic carbocycles. The van der Waals surface area contributed by atoms with E-state index in [9.17, 15) is 4.79 Å². The molecule has 0 radical (unpaired) electrons. The molecule has 0 spiro atoms. The Morgan fingerprint density at radius 3 is 2.44 bits per heavy atom. The van der Waals surface area contributed by atoms with Crippen LogP contribution in [0.4, 0.5) is 0 Å². The standard InChI is InChI=1S/C14H23N3O/c1-17(2)10-4-3-9-16-11-12-5-7-13(8-6-12)14(15)18/h5-8,16H,3-4,9-11H2,1-2H3,(H2,15,18). The van der Waals surface area contributed by atoms with Crippen LogP contribution in [0.25, 0.3) is 0 Å². The topological polar surface area (TPSA) is 58.4 Å². The number of carbonyl (C=O) groups is 1. The van der Waals surface area contributed by atoms with Crippen LogP contribution < -0.4 is 11.1 Å². The van der Waals surface area contributed by atoms with Crippen molar-refractivity contribution in [3.05, 3.63) is 35.4 Å². The normalized spacial score (nSPS) is 10.8. The van der Waals surface area contributed by atoms with Gasteiger partial charge in [0.25, 0.3) is 0 Å². The van der Waals surface area contributed by atoms with Gasteiger partial charge < -0.3 is 16.0 Å². The molecular formula is C14H23N3O. The zero-order valence-electron chi connectivity index (χ0n) is 11.3. The van der Waals surface area contributed by atoms with Crippen LogP contribution in [0.1, 0.15) is 28.8 Å². The molecule has 0 aromatic heterocycles. The molecule has 0 unspecified atom stereocenters. The van der Waals surface area contributed by atoms with Gasteiger partial charge in [-0.15, -0.1) is 0 Å². The van der Waals surface area contributed by atoms with Crippen LogP contribution in [0.15, 0.2) is 24.3 Å². The van der Waals surface area contributed by atoms with E-state index in [0.29, 0.717) is 5.56 Å². The SMILES string of the molecule is CN(C)CCCCNCc1ccc(C(N)=O)cc1. The molecule has 0 saturated carbocycles. The fourth-order valence-corrected chi connectivity index (χ4v) is 1.70. The van der Waals surface area contributed by atoms with E-state index in [4.69, 9.17) is 5.73 Å². The lowest BCUT2D eigenvalue weighted by atomic mass is 10.1. The molecule has 18 heavy (non-hydrogen) atoms. The fourth-order valence-electron chi connectivity index (χ4n) is 1.70. The molecule has 1 aromatic rings. The van der Waals surface area contributed by atoms with Crippen molar-refractivity contribution < 1.29 is 4.79 Å². The van der Waals surface area contributed by atoms with Gasteiger partial charge in [-0.3, -0.25) is 4.79 Å². The van der Waals surface area contributed by atoms with Gasteiger partial charge in [-0.1, -0.05) is 12.1 Å². The van der Waals surface area contributed by atoms with Gasteiger partial charge in [-0.25, -0.2) is 0 Å². The highest BCUT2D eigenvalue weighted by molar-refractivity contribution is 5.92. The van der Waals surface area contributed by atoms with Gasteiger partial charge in [0.15, 0.2) is 0 Å². The third-order valence-electron chi connectivity index (χ3n) is 2.78. The minimum absolute atomic E-state index is 0.377. The highest BCUT2D eigenvalue weighted by atomic mass is 16.1. The predicted octanol–water partition coefficient (Wildman–Crippen LogP) is 1.22. The van der Waals surface area contributed by atoms with E-state index in [2.05, 4.69) is 24.3 Å². The highest BCUT2D eigenvalue weighted by Crippen LogP contribution is 2.03. The molecule has 1 aromatic carbocycles. The highest BCUT2D eigenvalue weighted by Gasteiger charge is 1.99. The van der Waals surface area contributed by atoms with Gasteiger partial charge >= 0.3 is 0 Å². The molecule has 4 nitrogen and oxygen atoms in total. The molecule has 0 aliphatic rings. The number of hydrogen-bond donors (Lipinski definition) is 2. The smallest absolute Gasteiger partial charge is 0.248 e. The first-order valence-electron chi connectivity index (χ1n) is 6.34. The van der Waals surface area contributed by atoms with Crippen molar-refractivity contribution in [3.8, 4) is 0 Å².